The lowest BCUT2D eigenvalue weighted by Crippen LogP contribution is -1.70. The molecule has 0 amide bonds. The van der Waals surface area contributed by atoms with Crippen LogP contribution in [0.3, 0.4) is 0 Å². The zero-order valence-electron chi connectivity index (χ0n) is 3.78. The first-order valence-corrected chi connectivity index (χ1v) is 3.65. The smallest absolute Gasteiger partial charge is 0.0507 e. The summed E-state index contributed by atoms with van der Waals surface area (Å²) in [6.45, 7) is 0. The summed E-state index contributed by atoms with van der Waals surface area (Å²) >= 11 is 7.05. The summed E-state index contributed by atoms with van der Waals surface area (Å²) in [7, 11) is 0. The van der Waals surface area contributed by atoms with Gasteiger partial charge in [-0.2, -0.15) is 11.8 Å². The second-order valence-corrected chi connectivity index (χ2v) is 2.23. The van der Waals surface area contributed by atoms with Crippen LogP contribution in [0.2, 0.25) is 0 Å². The van der Waals surface area contributed by atoms with Crippen LogP contribution >= 0.6 is 23.4 Å². The van der Waals surface area contributed by atoms with Crippen LogP contribution in [0.15, 0.2) is 0 Å². The molecule has 0 rings (SSSR count). The van der Waals surface area contributed by atoms with Crippen LogP contribution in [-0.2, 0) is 0 Å². The van der Waals surface area contributed by atoms with E-state index in [1.165, 1.54) is 0 Å². The predicted octanol–water partition coefficient (Wildman–Crippen LogP) is 2.14. The molecule has 0 atom stereocenters. The topological polar surface area (TPSA) is 0 Å². The van der Waals surface area contributed by atoms with Crippen molar-refractivity contribution < 1.29 is 0 Å². The minimum atomic E-state index is 1.02. The van der Waals surface area contributed by atoms with Gasteiger partial charge in [0.1, 0.15) is 0 Å². The Hall–Kier alpha value is 0.640. The molecule has 0 aliphatic carbocycles. The third kappa shape index (κ3) is 4.64. The summed E-state index contributed by atoms with van der Waals surface area (Å²) in [6.07, 6.45) is 3.09. The second-order valence-electron chi connectivity index (χ2n) is 0.936. The van der Waals surface area contributed by atoms with Gasteiger partial charge < -0.3 is 0 Å². The maximum atomic E-state index is 5.24. The summed E-state index contributed by atoms with van der Waals surface area (Å²) in [6, 6.07) is 0. The first kappa shape index (κ1) is 6.64. The molecule has 0 nitrogen and oxygen atoms in total. The molecule has 0 aliphatic rings. The van der Waals surface area contributed by atoms with Crippen LogP contribution in [0, 0.1) is 5.88 Å². The highest BCUT2D eigenvalue weighted by Crippen LogP contribution is 1.99. The van der Waals surface area contributed by atoms with Gasteiger partial charge in [-0.1, -0.05) is 0 Å². The largest absolute Gasteiger partial charge is 0.165 e. The number of hydrogen-bond donors (Lipinski definition) is 0. The van der Waals surface area contributed by atoms with Crippen LogP contribution in [0.1, 0.15) is 6.42 Å². The molecule has 37 valence electrons. The van der Waals surface area contributed by atoms with E-state index in [-0.39, 0.29) is 0 Å². The number of halogens is 1. The summed E-state index contributed by atoms with van der Waals surface area (Å²) in [4.78, 5) is 0. The van der Waals surface area contributed by atoms with Crippen LogP contribution in [0.5, 0.6) is 0 Å². The molecule has 0 aromatic rings. The molecule has 2 heteroatoms. The Labute approximate surface area is 48.3 Å². The Morgan fingerprint density at radius 2 is 2.50 bits per heavy atom. The van der Waals surface area contributed by atoms with Crippen molar-refractivity contribution in [3.63, 3.8) is 0 Å². The molecule has 0 saturated heterocycles. The van der Waals surface area contributed by atoms with Gasteiger partial charge in [0.25, 0.3) is 0 Å². The van der Waals surface area contributed by atoms with Gasteiger partial charge in [-0.25, -0.2) is 0 Å². The van der Waals surface area contributed by atoms with E-state index in [1.54, 1.807) is 5.88 Å². The zero-order chi connectivity index (χ0) is 4.83. The monoisotopic (exact) mass is 123 g/mol. The van der Waals surface area contributed by atoms with E-state index >= 15 is 0 Å². The van der Waals surface area contributed by atoms with E-state index in [2.05, 4.69) is 6.26 Å². The molecule has 0 heterocycles. The van der Waals surface area contributed by atoms with Crippen LogP contribution in [0.25, 0.3) is 0 Å². The van der Waals surface area contributed by atoms with Crippen molar-refractivity contribution in [2.24, 2.45) is 0 Å². The first-order chi connectivity index (χ1) is 2.91. The Morgan fingerprint density at radius 1 is 1.83 bits per heavy atom. The lowest BCUT2D eigenvalue weighted by atomic mass is 10.6. The van der Waals surface area contributed by atoms with Crippen molar-refractivity contribution in [2.75, 3.05) is 12.0 Å². The lowest BCUT2D eigenvalue weighted by Gasteiger charge is -1.84. The predicted molar refractivity (Wildman–Crippen MR) is 33.2 cm³/mol. The highest BCUT2D eigenvalue weighted by molar-refractivity contribution is 7.98. The van der Waals surface area contributed by atoms with Crippen molar-refractivity contribution in [1.82, 2.24) is 0 Å². The van der Waals surface area contributed by atoms with E-state index in [9.17, 15) is 0 Å². The van der Waals surface area contributed by atoms with Gasteiger partial charge in [-0.3, -0.25) is 0 Å². The summed E-state index contributed by atoms with van der Waals surface area (Å²) < 4.78 is 0. The van der Waals surface area contributed by atoms with Crippen molar-refractivity contribution >= 4 is 23.4 Å². The van der Waals surface area contributed by atoms with E-state index in [4.69, 9.17) is 11.6 Å². The van der Waals surface area contributed by atoms with Crippen molar-refractivity contribution in [3.8, 4) is 0 Å². The quantitative estimate of drug-likeness (QED) is 0.519. The molecule has 0 fully saturated rings. The fourth-order valence-corrected chi connectivity index (χ4v) is 0.754. The van der Waals surface area contributed by atoms with Gasteiger partial charge in [0, 0.05) is 0 Å². The number of hydrogen-bond acceptors (Lipinski definition) is 1. The molecule has 1 radical (unpaired) electrons. The van der Waals surface area contributed by atoms with Gasteiger partial charge in [0.15, 0.2) is 0 Å². The average molecular weight is 124 g/mol. The first-order valence-electron chi connectivity index (χ1n) is 1.82. The molecule has 0 aliphatic heterocycles. The molecule has 0 unspecified atom stereocenters. The Bertz CT molecular complexity index is 19.5. The Balaban J connectivity index is 2.34. The minimum Gasteiger partial charge on any atom is -0.165 e. The summed E-state index contributed by atoms with van der Waals surface area (Å²) in [5, 5.41) is 0. The second kappa shape index (κ2) is 5.64. The minimum absolute atomic E-state index is 1.02. The summed E-state index contributed by atoms with van der Waals surface area (Å²) in [5.74, 6) is 2.81. The molecular formula is C4H8ClS. The SMILES string of the molecule is CSCC[CH]Cl. The fourth-order valence-electron chi connectivity index (χ4n) is 0.162. The highest BCUT2D eigenvalue weighted by atomic mass is 35.5. The standard InChI is InChI=1S/C4H8ClS/c1-6-4-2-3-5/h3H,2,4H2,1H3. The summed E-state index contributed by atoms with van der Waals surface area (Å²) in [5.41, 5.74) is 0. The van der Waals surface area contributed by atoms with Crippen LogP contribution < -0.4 is 0 Å². The molecule has 0 aromatic heterocycles. The number of thioether (sulfide) groups is 1. The molecule has 0 saturated carbocycles. The van der Waals surface area contributed by atoms with Gasteiger partial charge in [0.05, 0.1) is 5.88 Å². The Kier molecular flexibility index (Phi) is 6.24. The molecule has 0 N–H and O–H groups in total. The Morgan fingerprint density at radius 3 is 2.67 bits per heavy atom. The molecule has 0 spiro atoms. The average Bonchev–Trinajstić information content (AvgIpc) is 1.61. The molecular weight excluding hydrogens is 116 g/mol. The van der Waals surface area contributed by atoms with E-state index < -0.39 is 0 Å². The van der Waals surface area contributed by atoms with Crippen LogP contribution in [0.4, 0.5) is 0 Å². The maximum absolute atomic E-state index is 5.24. The van der Waals surface area contributed by atoms with Gasteiger partial charge in [-0.05, 0) is 18.4 Å². The zero-order valence-corrected chi connectivity index (χ0v) is 5.35. The lowest BCUT2D eigenvalue weighted by molar-refractivity contribution is 1.22. The fraction of sp³-hybridized carbons (Fsp3) is 0.750. The highest BCUT2D eigenvalue weighted by Gasteiger charge is 1.77. The van der Waals surface area contributed by atoms with Crippen molar-refractivity contribution in [2.45, 2.75) is 6.42 Å². The molecule has 0 aromatic carbocycles. The van der Waals surface area contributed by atoms with Crippen LogP contribution in [-0.4, -0.2) is 12.0 Å². The van der Waals surface area contributed by atoms with Crippen molar-refractivity contribution in [1.29, 1.82) is 0 Å². The molecule has 0 bridgehead atoms. The van der Waals surface area contributed by atoms with Gasteiger partial charge in [-0.15, -0.1) is 11.6 Å². The maximum Gasteiger partial charge on any atom is 0.0507 e. The van der Waals surface area contributed by atoms with E-state index in [1.807, 2.05) is 11.8 Å². The third-order valence-electron chi connectivity index (χ3n) is 0.431. The van der Waals surface area contributed by atoms with E-state index in [0.29, 0.717) is 0 Å². The normalized spacial score (nSPS) is 9.00. The van der Waals surface area contributed by atoms with Crippen molar-refractivity contribution in [3.05, 3.63) is 5.88 Å². The van der Waals surface area contributed by atoms with Gasteiger partial charge in [0.2, 0.25) is 0 Å². The number of rotatable bonds is 3. The van der Waals surface area contributed by atoms with Gasteiger partial charge >= 0.3 is 0 Å². The van der Waals surface area contributed by atoms with E-state index in [0.717, 1.165) is 12.2 Å². The molecule has 6 heavy (non-hydrogen) atoms. The third-order valence-corrected chi connectivity index (χ3v) is 1.29.